The molecule has 0 bridgehead atoms. The van der Waals surface area contributed by atoms with Crippen molar-refractivity contribution in [2.24, 2.45) is 0 Å². The molecule has 0 aliphatic carbocycles. The third-order valence-electron chi connectivity index (χ3n) is 3.65. The van der Waals surface area contributed by atoms with Gasteiger partial charge in [-0.2, -0.15) is 0 Å². The Kier molecular flexibility index (Phi) is 3.11. The van der Waals surface area contributed by atoms with E-state index in [4.69, 9.17) is 0 Å². The Morgan fingerprint density at radius 3 is 3.22 bits per heavy atom. The third kappa shape index (κ3) is 2.04. The largest absolute Gasteiger partial charge is 0.314 e. The van der Waals surface area contributed by atoms with Gasteiger partial charge in [0.1, 0.15) is 5.82 Å². The van der Waals surface area contributed by atoms with Gasteiger partial charge in [-0.3, -0.25) is 4.79 Å². The zero-order valence-electron chi connectivity index (χ0n) is 10.3. The van der Waals surface area contributed by atoms with E-state index in [9.17, 15) is 4.79 Å². The highest BCUT2D eigenvalue weighted by atomic mass is 16.1. The normalized spacial score (nSPS) is 20.1. The van der Waals surface area contributed by atoms with Crippen LogP contribution in [0.2, 0.25) is 0 Å². The van der Waals surface area contributed by atoms with E-state index in [1.54, 1.807) is 6.20 Å². The van der Waals surface area contributed by atoms with E-state index in [0.29, 0.717) is 11.6 Å². The van der Waals surface area contributed by atoms with Crippen LogP contribution in [0, 0.1) is 0 Å². The molecular formula is C14H17N3O. The van der Waals surface area contributed by atoms with E-state index in [1.807, 2.05) is 22.7 Å². The first kappa shape index (κ1) is 11.4. The summed E-state index contributed by atoms with van der Waals surface area (Å²) in [6.07, 6.45) is 9.36. The molecule has 3 heterocycles. The molecule has 1 aliphatic rings. The molecule has 0 spiro atoms. The summed E-state index contributed by atoms with van der Waals surface area (Å²) in [5, 5.41) is 3.53. The van der Waals surface area contributed by atoms with Gasteiger partial charge in [0.05, 0.1) is 11.7 Å². The minimum absolute atomic E-state index is 0.518. The van der Waals surface area contributed by atoms with Crippen LogP contribution in [0.1, 0.15) is 35.4 Å². The molecule has 0 aromatic carbocycles. The molecule has 0 radical (unpaired) electrons. The van der Waals surface area contributed by atoms with Crippen LogP contribution in [0.5, 0.6) is 0 Å². The Morgan fingerprint density at radius 2 is 2.44 bits per heavy atom. The van der Waals surface area contributed by atoms with Crippen molar-refractivity contribution in [1.82, 2.24) is 14.7 Å². The minimum atomic E-state index is 0.518. The Balaban J connectivity index is 1.90. The summed E-state index contributed by atoms with van der Waals surface area (Å²) >= 11 is 0. The lowest BCUT2D eigenvalue weighted by Gasteiger charge is -2.22. The minimum Gasteiger partial charge on any atom is -0.314 e. The molecule has 4 heteroatoms. The molecule has 94 valence electrons. The number of piperidine rings is 1. The van der Waals surface area contributed by atoms with Crippen LogP contribution in [-0.4, -0.2) is 28.3 Å². The van der Waals surface area contributed by atoms with Gasteiger partial charge in [0.25, 0.3) is 0 Å². The lowest BCUT2D eigenvalue weighted by Crippen LogP contribution is -2.36. The fourth-order valence-electron chi connectivity index (χ4n) is 2.67. The van der Waals surface area contributed by atoms with Gasteiger partial charge in [0.15, 0.2) is 6.29 Å². The van der Waals surface area contributed by atoms with Crippen LogP contribution in [-0.2, 0) is 6.42 Å². The first-order valence-corrected chi connectivity index (χ1v) is 6.52. The summed E-state index contributed by atoms with van der Waals surface area (Å²) < 4.78 is 2.03. The first-order valence-electron chi connectivity index (χ1n) is 6.52. The molecule has 0 saturated carbocycles. The fraction of sp³-hybridized carbons (Fsp3) is 0.429. The van der Waals surface area contributed by atoms with Crippen LogP contribution in [0.15, 0.2) is 24.5 Å². The second kappa shape index (κ2) is 4.90. The van der Waals surface area contributed by atoms with Gasteiger partial charge in [0, 0.05) is 24.2 Å². The topological polar surface area (TPSA) is 46.4 Å². The van der Waals surface area contributed by atoms with Crippen molar-refractivity contribution in [3.63, 3.8) is 0 Å². The van der Waals surface area contributed by atoms with Crippen molar-refractivity contribution in [2.45, 2.75) is 31.7 Å². The molecule has 1 saturated heterocycles. The van der Waals surface area contributed by atoms with Crippen molar-refractivity contribution in [2.75, 3.05) is 6.54 Å². The number of rotatable bonds is 3. The molecule has 2 aromatic heterocycles. The predicted octanol–water partition coefficient (Wildman–Crippen LogP) is 1.83. The standard InChI is InChI=1S/C14H17N3O/c18-10-11-4-3-7-17-13(11)9-16-14(17)8-12-5-1-2-6-15-12/h3-4,7,9-10,12,15H,1-2,5-6,8H2. The summed E-state index contributed by atoms with van der Waals surface area (Å²) in [5.74, 6) is 1.04. The van der Waals surface area contributed by atoms with Crippen LogP contribution >= 0.6 is 0 Å². The summed E-state index contributed by atoms with van der Waals surface area (Å²) in [5.41, 5.74) is 1.60. The van der Waals surface area contributed by atoms with Gasteiger partial charge in [-0.25, -0.2) is 4.98 Å². The molecule has 1 aliphatic heterocycles. The van der Waals surface area contributed by atoms with Crippen molar-refractivity contribution >= 4 is 11.8 Å². The SMILES string of the molecule is O=Cc1cccn2c(CC3CCCCN3)ncc12. The Bertz CT molecular complexity index is 555. The van der Waals surface area contributed by atoms with Crippen LogP contribution < -0.4 is 5.32 Å². The molecule has 1 atom stereocenters. The number of hydrogen-bond donors (Lipinski definition) is 1. The quantitative estimate of drug-likeness (QED) is 0.837. The molecule has 1 fully saturated rings. The van der Waals surface area contributed by atoms with Gasteiger partial charge in [-0.05, 0) is 31.5 Å². The molecule has 2 aromatic rings. The van der Waals surface area contributed by atoms with E-state index < -0.39 is 0 Å². The number of aldehydes is 1. The van der Waals surface area contributed by atoms with Gasteiger partial charge in [-0.1, -0.05) is 6.42 Å². The summed E-state index contributed by atoms with van der Waals surface area (Å²) in [6, 6.07) is 4.24. The van der Waals surface area contributed by atoms with Gasteiger partial charge in [-0.15, -0.1) is 0 Å². The first-order chi connectivity index (χ1) is 8.88. The maximum Gasteiger partial charge on any atom is 0.152 e. The van der Waals surface area contributed by atoms with Crippen LogP contribution in [0.25, 0.3) is 5.52 Å². The van der Waals surface area contributed by atoms with Crippen molar-refractivity contribution < 1.29 is 4.79 Å². The van der Waals surface area contributed by atoms with Gasteiger partial charge < -0.3 is 9.72 Å². The second-order valence-electron chi connectivity index (χ2n) is 4.86. The molecule has 18 heavy (non-hydrogen) atoms. The van der Waals surface area contributed by atoms with Crippen molar-refractivity contribution in [1.29, 1.82) is 0 Å². The average Bonchev–Trinajstić information content (AvgIpc) is 2.83. The fourth-order valence-corrected chi connectivity index (χ4v) is 2.67. The molecule has 0 amide bonds. The van der Waals surface area contributed by atoms with Gasteiger partial charge >= 0.3 is 0 Å². The Morgan fingerprint density at radius 1 is 1.50 bits per heavy atom. The zero-order chi connectivity index (χ0) is 12.4. The number of carbonyl (C=O) groups excluding carboxylic acids is 1. The second-order valence-corrected chi connectivity index (χ2v) is 4.86. The van der Waals surface area contributed by atoms with Gasteiger partial charge in [0.2, 0.25) is 0 Å². The molecule has 3 rings (SSSR count). The number of imidazole rings is 1. The number of nitrogens with zero attached hydrogens (tertiary/aromatic N) is 2. The maximum absolute atomic E-state index is 11.0. The smallest absolute Gasteiger partial charge is 0.152 e. The Labute approximate surface area is 106 Å². The molecule has 1 N–H and O–H groups in total. The number of carbonyl (C=O) groups is 1. The third-order valence-corrected chi connectivity index (χ3v) is 3.65. The van der Waals surface area contributed by atoms with Crippen molar-refractivity contribution in [3.05, 3.63) is 35.9 Å². The molecule has 4 nitrogen and oxygen atoms in total. The van der Waals surface area contributed by atoms with E-state index in [1.165, 1.54) is 19.3 Å². The maximum atomic E-state index is 11.0. The molecular weight excluding hydrogens is 226 g/mol. The lowest BCUT2D eigenvalue weighted by molar-refractivity contribution is 0.112. The highest BCUT2D eigenvalue weighted by Gasteiger charge is 2.16. The number of nitrogens with one attached hydrogen (secondary N) is 1. The highest BCUT2D eigenvalue weighted by molar-refractivity contribution is 5.85. The van der Waals surface area contributed by atoms with E-state index in [0.717, 1.165) is 30.6 Å². The average molecular weight is 243 g/mol. The highest BCUT2D eigenvalue weighted by Crippen LogP contribution is 2.15. The molecule has 1 unspecified atom stereocenters. The van der Waals surface area contributed by atoms with Crippen LogP contribution in [0.4, 0.5) is 0 Å². The van der Waals surface area contributed by atoms with E-state index >= 15 is 0 Å². The Hall–Kier alpha value is -1.68. The van der Waals surface area contributed by atoms with E-state index in [-0.39, 0.29) is 0 Å². The lowest BCUT2D eigenvalue weighted by atomic mass is 10.0. The predicted molar refractivity (Wildman–Crippen MR) is 69.9 cm³/mol. The van der Waals surface area contributed by atoms with Crippen molar-refractivity contribution in [3.8, 4) is 0 Å². The summed E-state index contributed by atoms with van der Waals surface area (Å²) in [4.78, 5) is 15.4. The number of pyridine rings is 1. The number of fused-ring (bicyclic) bond motifs is 1. The number of hydrogen-bond acceptors (Lipinski definition) is 3. The van der Waals surface area contributed by atoms with Crippen LogP contribution in [0.3, 0.4) is 0 Å². The summed E-state index contributed by atoms with van der Waals surface area (Å²) in [6.45, 7) is 1.10. The number of aromatic nitrogens is 2. The summed E-state index contributed by atoms with van der Waals surface area (Å²) in [7, 11) is 0. The zero-order valence-corrected chi connectivity index (χ0v) is 10.3. The monoisotopic (exact) mass is 243 g/mol. The van der Waals surface area contributed by atoms with E-state index in [2.05, 4.69) is 10.3 Å².